The molecular formula is C16H32N4. The van der Waals surface area contributed by atoms with Crippen molar-refractivity contribution in [1.29, 1.82) is 0 Å². The maximum absolute atomic E-state index is 4.35. The molecule has 1 unspecified atom stereocenters. The topological polar surface area (TPSA) is 39.7 Å². The molecule has 2 aliphatic rings. The number of hydrogen-bond acceptors (Lipinski definition) is 2. The first kappa shape index (κ1) is 15.6. The monoisotopic (exact) mass is 280 g/mol. The third kappa shape index (κ3) is 5.31. The molecule has 1 atom stereocenters. The third-order valence-electron chi connectivity index (χ3n) is 4.56. The second-order valence-electron chi connectivity index (χ2n) is 6.55. The van der Waals surface area contributed by atoms with Crippen LogP contribution in [0.3, 0.4) is 0 Å². The van der Waals surface area contributed by atoms with E-state index in [4.69, 9.17) is 0 Å². The average molecular weight is 280 g/mol. The molecule has 2 N–H and O–H groups in total. The number of hydrogen-bond donors (Lipinski definition) is 2. The average Bonchev–Trinajstić information content (AvgIpc) is 2.97. The Morgan fingerprint density at radius 2 is 1.85 bits per heavy atom. The highest BCUT2D eigenvalue weighted by atomic mass is 15.2. The molecule has 1 aliphatic carbocycles. The van der Waals surface area contributed by atoms with Crippen LogP contribution in [0.15, 0.2) is 4.99 Å². The molecule has 116 valence electrons. The van der Waals surface area contributed by atoms with Crippen molar-refractivity contribution in [3.05, 3.63) is 0 Å². The van der Waals surface area contributed by atoms with Gasteiger partial charge < -0.3 is 15.5 Å². The highest BCUT2D eigenvalue weighted by Gasteiger charge is 2.17. The number of nitrogens with zero attached hydrogens (tertiary/aromatic N) is 2. The van der Waals surface area contributed by atoms with E-state index < -0.39 is 0 Å². The summed E-state index contributed by atoms with van der Waals surface area (Å²) in [4.78, 5) is 6.97. The summed E-state index contributed by atoms with van der Waals surface area (Å²) >= 11 is 0. The molecule has 0 bridgehead atoms. The Morgan fingerprint density at radius 3 is 2.50 bits per heavy atom. The molecule has 0 aromatic rings. The van der Waals surface area contributed by atoms with E-state index in [1.807, 2.05) is 7.05 Å². The SMILES string of the molecule is CN=C(NCC(C)CN1CCCCC1)NC1CCCC1. The summed E-state index contributed by atoms with van der Waals surface area (Å²) in [6, 6.07) is 0.638. The summed E-state index contributed by atoms with van der Waals surface area (Å²) in [6.07, 6.45) is 9.49. The normalized spacial score (nSPS) is 23.8. The van der Waals surface area contributed by atoms with E-state index in [2.05, 4.69) is 27.4 Å². The molecule has 4 nitrogen and oxygen atoms in total. The van der Waals surface area contributed by atoms with Crippen molar-refractivity contribution in [3.8, 4) is 0 Å². The number of piperidine rings is 1. The molecule has 0 aromatic carbocycles. The van der Waals surface area contributed by atoms with Crippen molar-refractivity contribution >= 4 is 5.96 Å². The minimum atomic E-state index is 0.638. The summed E-state index contributed by atoms with van der Waals surface area (Å²) in [5.41, 5.74) is 0. The maximum atomic E-state index is 4.35. The van der Waals surface area contributed by atoms with E-state index in [1.165, 1.54) is 64.6 Å². The Morgan fingerprint density at radius 1 is 1.15 bits per heavy atom. The number of rotatable bonds is 5. The zero-order valence-electron chi connectivity index (χ0n) is 13.3. The molecule has 0 radical (unpaired) electrons. The predicted octanol–water partition coefficient (Wildman–Crippen LogP) is 2.22. The van der Waals surface area contributed by atoms with E-state index in [9.17, 15) is 0 Å². The van der Waals surface area contributed by atoms with Gasteiger partial charge >= 0.3 is 0 Å². The number of guanidine groups is 1. The third-order valence-corrected chi connectivity index (χ3v) is 4.56. The molecule has 1 heterocycles. The van der Waals surface area contributed by atoms with Gasteiger partial charge in [-0.3, -0.25) is 4.99 Å². The molecule has 1 saturated heterocycles. The van der Waals surface area contributed by atoms with Crippen LogP contribution in [0.25, 0.3) is 0 Å². The summed E-state index contributed by atoms with van der Waals surface area (Å²) < 4.78 is 0. The van der Waals surface area contributed by atoms with Crippen LogP contribution < -0.4 is 10.6 Å². The van der Waals surface area contributed by atoms with Gasteiger partial charge in [0.1, 0.15) is 0 Å². The van der Waals surface area contributed by atoms with Crippen molar-refractivity contribution < 1.29 is 0 Å². The quantitative estimate of drug-likeness (QED) is 0.599. The number of likely N-dealkylation sites (tertiary alicyclic amines) is 1. The first-order valence-electron chi connectivity index (χ1n) is 8.47. The fourth-order valence-corrected chi connectivity index (χ4v) is 3.38. The minimum absolute atomic E-state index is 0.638. The van der Waals surface area contributed by atoms with Crippen LogP contribution in [-0.4, -0.2) is 50.1 Å². The van der Waals surface area contributed by atoms with Crippen LogP contribution in [0.1, 0.15) is 51.9 Å². The highest BCUT2D eigenvalue weighted by Crippen LogP contribution is 2.17. The van der Waals surface area contributed by atoms with E-state index in [-0.39, 0.29) is 0 Å². The smallest absolute Gasteiger partial charge is 0.191 e. The van der Waals surface area contributed by atoms with Crippen LogP contribution in [0.5, 0.6) is 0 Å². The first-order chi connectivity index (χ1) is 9.78. The Bertz CT molecular complexity index is 291. The van der Waals surface area contributed by atoms with Gasteiger partial charge in [0.15, 0.2) is 5.96 Å². The van der Waals surface area contributed by atoms with Crippen LogP contribution in [0.2, 0.25) is 0 Å². The predicted molar refractivity (Wildman–Crippen MR) is 86.2 cm³/mol. The van der Waals surface area contributed by atoms with Crippen molar-refractivity contribution in [1.82, 2.24) is 15.5 Å². The first-order valence-corrected chi connectivity index (χ1v) is 8.47. The van der Waals surface area contributed by atoms with Crippen LogP contribution >= 0.6 is 0 Å². The number of aliphatic imine (C=N–C) groups is 1. The van der Waals surface area contributed by atoms with Gasteiger partial charge in [-0.25, -0.2) is 0 Å². The Hall–Kier alpha value is -0.770. The Labute approximate surface area is 124 Å². The molecule has 2 rings (SSSR count). The van der Waals surface area contributed by atoms with Crippen molar-refractivity contribution in [2.45, 2.75) is 57.9 Å². The summed E-state index contributed by atoms with van der Waals surface area (Å²) in [5.74, 6) is 1.66. The largest absolute Gasteiger partial charge is 0.356 e. The van der Waals surface area contributed by atoms with Gasteiger partial charge in [-0.1, -0.05) is 26.2 Å². The summed E-state index contributed by atoms with van der Waals surface area (Å²) in [5, 5.41) is 7.05. The van der Waals surface area contributed by atoms with Gasteiger partial charge in [0.05, 0.1) is 0 Å². The summed E-state index contributed by atoms with van der Waals surface area (Å²) in [6.45, 7) is 7.15. The Kier molecular flexibility index (Phi) is 6.64. The molecule has 0 amide bonds. The van der Waals surface area contributed by atoms with Gasteiger partial charge in [-0.05, 0) is 44.7 Å². The lowest BCUT2D eigenvalue weighted by Crippen LogP contribution is -2.45. The van der Waals surface area contributed by atoms with Crippen molar-refractivity contribution in [3.63, 3.8) is 0 Å². The molecule has 20 heavy (non-hydrogen) atoms. The molecule has 1 saturated carbocycles. The van der Waals surface area contributed by atoms with Crippen LogP contribution in [0, 0.1) is 5.92 Å². The molecule has 1 aliphatic heterocycles. The van der Waals surface area contributed by atoms with Crippen molar-refractivity contribution in [2.75, 3.05) is 33.2 Å². The zero-order chi connectivity index (χ0) is 14.2. The molecular weight excluding hydrogens is 248 g/mol. The van der Waals surface area contributed by atoms with E-state index in [0.29, 0.717) is 12.0 Å². The van der Waals surface area contributed by atoms with E-state index >= 15 is 0 Å². The van der Waals surface area contributed by atoms with Gasteiger partial charge in [-0.2, -0.15) is 0 Å². The maximum Gasteiger partial charge on any atom is 0.191 e. The number of nitrogens with one attached hydrogen (secondary N) is 2. The Balaban J connectivity index is 1.63. The lowest BCUT2D eigenvalue weighted by molar-refractivity contribution is 0.201. The fourth-order valence-electron chi connectivity index (χ4n) is 3.38. The fraction of sp³-hybridized carbons (Fsp3) is 0.938. The lowest BCUT2D eigenvalue weighted by atomic mass is 10.1. The van der Waals surface area contributed by atoms with Gasteiger partial charge in [0, 0.05) is 26.2 Å². The molecule has 0 spiro atoms. The van der Waals surface area contributed by atoms with Crippen molar-refractivity contribution in [2.24, 2.45) is 10.9 Å². The highest BCUT2D eigenvalue weighted by molar-refractivity contribution is 5.79. The van der Waals surface area contributed by atoms with Crippen LogP contribution in [-0.2, 0) is 0 Å². The van der Waals surface area contributed by atoms with E-state index in [0.717, 1.165) is 12.5 Å². The minimum Gasteiger partial charge on any atom is -0.356 e. The molecule has 2 fully saturated rings. The van der Waals surface area contributed by atoms with Gasteiger partial charge in [-0.15, -0.1) is 0 Å². The van der Waals surface area contributed by atoms with E-state index in [1.54, 1.807) is 0 Å². The molecule has 4 heteroatoms. The molecule has 0 aromatic heterocycles. The van der Waals surface area contributed by atoms with Gasteiger partial charge in [0.2, 0.25) is 0 Å². The van der Waals surface area contributed by atoms with Crippen LogP contribution in [0.4, 0.5) is 0 Å². The zero-order valence-corrected chi connectivity index (χ0v) is 13.3. The second kappa shape index (κ2) is 8.50. The van der Waals surface area contributed by atoms with Gasteiger partial charge in [0.25, 0.3) is 0 Å². The lowest BCUT2D eigenvalue weighted by Gasteiger charge is -2.29. The summed E-state index contributed by atoms with van der Waals surface area (Å²) in [7, 11) is 1.87. The second-order valence-corrected chi connectivity index (χ2v) is 6.55. The standard InChI is InChI=1S/C16H32N4/c1-14(13-20-10-6-3-7-11-20)12-18-16(17-2)19-15-8-4-5-9-15/h14-15H,3-13H2,1-2H3,(H2,17,18,19).